The Labute approximate surface area is 136 Å². The van der Waals surface area contributed by atoms with E-state index in [0.717, 1.165) is 5.56 Å². The van der Waals surface area contributed by atoms with E-state index < -0.39 is 22.5 Å². The van der Waals surface area contributed by atoms with Crippen molar-refractivity contribution in [1.82, 2.24) is 5.32 Å². The van der Waals surface area contributed by atoms with Gasteiger partial charge in [-0.25, -0.2) is 4.39 Å². The number of nitrogens with one attached hydrogen (secondary N) is 1. The van der Waals surface area contributed by atoms with Gasteiger partial charge in [0.05, 0.1) is 10.6 Å². The normalized spacial score (nSPS) is 11.9. The first kappa shape index (κ1) is 16.6. The molecular weight excluding hydrogens is 325 g/mol. The lowest BCUT2D eigenvalue weighted by molar-refractivity contribution is 0.0952. The molecule has 116 valence electrons. The zero-order chi connectivity index (χ0) is 15.9. The average molecular weight is 340 g/mol. The van der Waals surface area contributed by atoms with E-state index in [9.17, 15) is 13.4 Å². The van der Waals surface area contributed by atoms with Crippen LogP contribution in [0.5, 0.6) is 0 Å². The number of benzene rings is 2. The summed E-state index contributed by atoms with van der Waals surface area (Å²) in [4.78, 5) is 11.9. The van der Waals surface area contributed by atoms with Gasteiger partial charge in [-0.3, -0.25) is 9.00 Å². The number of amides is 1. The fraction of sp³-hybridized carbons (Fsp3) is 0.188. The summed E-state index contributed by atoms with van der Waals surface area (Å²) in [5.41, 5.74) is 0.794. The molecule has 1 amide bonds. The molecule has 0 unspecified atom stereocenters. The van der Waals surface area contributed by atoms with Gasteiger partial charge >= 0.3 is 0 Å². The molecule has 2 rings (SSSR count). The first-order valence-corrected chi connectivity index (χ1v) is 8.55. The molecule has 1 atom stereocenters. The fourth-order valence-electron chi connectivity index (χ4n) is 1.91. The van der Waals surface area contributed by atoms with Crippen LogP contribution in [0.1, 0.15) is 15.9 Å². The maximum absolute atomic E-state index is 13.6. The third kappa shape index (κ3) is 4.64. The molecular formula is C16H15ClFNO2S. The minimum absolute atomic E-state index is 0.0582. The predicted molar refractivity (Wildman–Crippen MR) is 86.9 cm³/mol. The number of carbonyl (C=O) groups excluding carboxylic acids is 1. The largest absolute Gasteiger partial charge is 0.351 e. The van der Waals surface area contributed by atoms with Crippen LogP contribution in [0, 0.1) is 5.82 Å². The first-order chi connectivity index (χ1) is 10.6. The SMILES string of the molecule is O=C(NCC[S@@](=O)Cc1ccccc1)c1c(F)cccc1Cl. The Morgan fingerprint density at radius 1 is 1.14 bits per heavy atom. The summed E-state index contributed by atoms with van der Waals surface area (Å²) in [6.07, 6.45) is 0. The van der Waals surface area contributed by atoms with E-state index in [1.807, 2.05) is 30.3 Å². The lowest BCUT2D eigenvalue weighted by atomic mass is 10.2. The van der Waals surface area contributed by atoms with Gasteiger partial charge in [-0.05, 0) is 17.7 Å². The van der Waals surface area contributed by atoms with Crippen molar-refractivity contribution in [2.75, 3.05) is 12.3 Å². The van der Waals surface area contributed by atoms with Crippen molar-refractivity contribution in [3.63, 3.8) is 0 Å². The van der Waals surface area contributed by atoms with Crippen LogP contribution < -0.4 is 5.32 Å². The number of rotatable bonds is 6. The minimum Gasteiger partial charge on any atom is -0.351 e. The molecule has 0 spiro atoms. The molecule has 0 aromatic heterocycles. The molecule has 0 radical (unpaired) electrons. The van der Waals surface area contributed by atoms with Gasteiger partial charge in [-0.1, -0.05) is 48.0 Å². The van der Waals surface area contributed by atoms with Crippen LogP contribution in [0.4, 0.5) is 4.39 Å². The van der Waals surface area contributed by atoms with Gasteiger partial charge in [0.2, 0.25) is 0 Å². The molecule has 0 saturated carbocycles. The smallest absolute Gasteiger partial charge is 0.255 e. The maximum atomic E-state index is 13.6. The average Bonchev–Trinajstić information content (AvgIpc) is 2.48. The molecule has 0 bridgehead atoms. The van der Waals surface area contributed by atoms with Crippen molar-refractivity contribution in [2.45, 2.75) is 5.75 Å². The Hall–Kier alpha value is -1.72. The zero-order valence-corrected chi connectivity index (χ0v) is 13.3. The Morgan fingerprint density at radius 3 is 2.55 bits per heavy atom. The summed E-state index contributed by atoms with van der Waals surface area (Å²) >= 11 is 5.81. The minimum atomic E-state index is -1.10. The second kappa shape index (κ2) is 8.06. The Kier molecular flexibility index (Phi) is 6.10. The second-order valence-electron chi connectivity index (χ2n) is 4.63. The molecule has 2 aromatic rings. The van der Waals surface area contributed by atoms with Gasteiger partial charge < -0.3 is 5.32 Å². The predicted octanol–water partition coefficient (Wildman–Crippen LogP) is 3.16. The summed E-state index contributed by atoms with van der Waals surface area (Å²) in [6, 6.07) is 13.5. The molecule has 2 aromatic carbocycles. The molecule has 0 aliphatic rings. The lowest BCUT2D eigenvalue weighted by Gasteiger charge is -2.08. The Morgan fingerprint density at radius 2 is 1.86 bits per heavy atom. The highest BCUT2D eigenvalue weighted by Crippen LogP contribution is 2.18. The van der Waals surface area contributed by atoms with E-state index in [-0.39, 0.29) is 17.1 Å². The van der Waals surface area contributed by atoms with Crippen molar-refractivity contribution in [2.24, 2.45) is 0 Å². The van der Waals surface area contributed by atoms with Gasteiger partial charge in [0.25, 0.3) is 5.91 Å². The topological polar surface area (TPSA) is 46.2 Å². The maximum Gasteiger partial charge on any atom is 0.255 e. The van der Waals surface area contributed by atoms with Gasteiger partial charge in [0, 0.05) is 28.9 Å². The highest BCUT2D eigenvalue weighted by atomic mass is 35.5. The van der Waals surface area contributed by atoms with Gasteiger partial charge in [0.1, 0.15) is 5.82 Å². The first-order valence-electron chi connectivity index (χ1n) is 6.69. The number of halogens is 2. The van der Waals surface area contributed by atoms with E-state index in [0.29, 0.717) is 11.5 Å². The van der Waals surface area contributed by atoms with E-state index in [4.69, 9.17) is 11.6 Å². The molecule has 0 aliphatic carbocycles. The third-order valence-electron chi connectivity index (χ3n) is 2.98. The molecule has 1 N–H and O–H groups in total. The molecule has 0 heterocycles. The third-order valence-corrected chi connectivity index (χ3v) is 4.61. The lowest BCUT2D eigenvalue weighted by Crippen LogP contribution is -2.29. The molecule has 22 heavy (non-hydrogen) atoms. The highest BCUT2D eigenvalue weighted by molar-refractivity contribution is 7.84. The van der Waals surface area contributed by atoms with Crippen LogP contribution in [0.3, 0.4) is 0 Å². The van der Waals surface area contributed by atoms with E-state index in [1.165, 1.54) is 18.2 Å². The molecule has 0 aliphatic heterocycles. The van der Waals surface area contributed by atoms with Crippen LogP contribution in [0.2, 0.25) is 5.02 Å². The summed E-state index contributed by atoms with van der Waals surface area (Å²) < 4.78 is 25.5. The molecule has 0 fully saturated rings. The zero-order valence-electron chi connectivity index (χ0n) is 11.7. The van der Waals surface area contributed by atoms with Crippen LogP contribution in [0.15, 0.2) is 48.5 Å². The number of carbonyl (C=O) groups is 1. The summed E-state index contributed by atoms with van der Waals surface area (Å²) in [7, 11) is -1.10. The van der Waals surface area contributed by atoms with Crippen LogP contribution in [-0.2, 0) is 16.6 Å². The second-order valence-corrected chi connectivity index (χ2v) is 6.61. The highest BCUT2D eigenvalue weighted by Gasteiger charge is 2.15. The summed E-state index contributed by atoms with van der Waals surface area (Å²) in [5.74, 6) is -0.542. The van der Waals surface area contributed by atoms with E-state index in [2.05, 4.69) is 5.32 Å². The summed E-state index contributed by atoms with van der Waals surface area (Å²) in [6.45, 7) is 0.197. The quantitative estimate of drug-likeness (QED) is 0.878. The number of hydrogen-bond donors (Lipinski definition) is 1. The van der Waals surface area contributed by atoms with Crippen molar-refractivity contribution < 1.29 is 13.4 Å². The summed E-state index contributed by atoms with van der Waals surface area (Å²) in [5, 5.41) is 2.60. The van der Waals surface area contributed by atoms with Crippen LogP contribution >= 0.6 is 11.6 Å². The van der Waals surface area contributed by atoms with Gasteiger partial charge in [0.15, 0.2) is 0 Å². The van der Waals surface area contributed by atoms with E-state index in [1.54, 1.807) is 0 Å². The van der Waals surface area contributed by atoms with Crippen molar-refractivity contribution in [1.29, 1.82) is 0 Å². The van der Waals surface area contributed by atoms with Crippen molar-refractivity contribution in [3.05, 3.63) is 70.5 Å². The monoisotopic (exact) mass is 339 g/mol. The van der Waals surface area contributed by atoms with E-state index >= 15 is 0 Å². The van der Waals surface area contributed by atoms with Crippen molar-refractivity contribution in [3.8, 4) is 0 Å². The van der Waals surface area contributed by atoms with Crippen molar-refractivity contribution >= 4 is 28.3 Å². The molecule has 0 saturated heterocycles. The van der Waals surface area contributed by atoms with Crippen LogP contribution in [0.25, 0.3) is 0 Å². The Balaban J connectivity index is 1.83. The number of hydrogen-bond acceptors (Lipinski definition) is 2. The van der Waals surface area contributed by atoms with Crippen LogP contribution in [-0.4, -0.2) is 22.4 Å². The molecule has 6 heteroatoms. The van der Waals surface area contributed by atoms with Gasteiger partial charge in [-0.15, -0.1) is 0 Å². The van der Waals surface area contributed by atoms with Gasteiger partial charge in [-0.2, -0.15) is 0 Å². The standard InChI is InChI=1S/C16H15ClFNO2S/c17-13-7-4-8-14(18)15(13)16(20)19-9-10-22(21)11-12-5-2-1-3-6-12/h1-8H,9-11H2,(H,19,20)/t22-/m1/s1. The molecule has 3 nitrogen and oxygen atoms in total. The Bertz CT molecular complexity index is 659. The fourth-order valence-corrected chi connectivity index (χ4v) is 3.20.